The Hall–Kier alpha value is 0.350. The molecule has 2 fully saturated rings. The Labute approximate surface area is 99.6 Å². The first kappa shape index (κ1) is 11.8. The van der Waals surface area contributed by atoms with E-state index >= 15 is 0 Å². The summed E-state index contributed by atoms with van der Waals surface area (Å²) in [5.41, 5.74) is 0.548. The van der Waals surface area contributed by atoms with Gasteiger partial charge in [-0.2, -0.15) is 11.8 Å². The van der Waals surface area contributed by atoms with Crippen LogP contribution in [0.4, 0.5) is 0 Å². The van der Waals surface area contributed by atoms with Gasteiger partial charge in [-0.15, -0.1) is 0 Å². The standard InChI is InChI=1S/C14H26S/c1-9(2)15-13-8-10-6-11(13)7-12(10)14(3,4)5/h9-13H,6-8H2,1-5H3. The normalized spacial score (nSPS) is 40.4. The van der Waals surface area contributed by atoms with Crippen LogP contribution in [-0.2, 0) is 0 Å². The van der Waals surface area contributed by atoms with Crippen LogP contribution in [0.2, 0.25) is 0 Å². The molecule has 0 aromatic carbocycles. The minimum Gasteiger partial charge on any atom is -0.155 e. The lowest BCUT2D eigenvalue weighted by Crippen LogP contribution is -2.29. The molecular weight excluding hydrogens is 200 g/mol. The van der Waals surface area contributed by atoms with Crippen molar-refractivity contribution in [1.29, 1.82) is 0 Å². The van der Waals surface area contributed by atoms with E-state index in [2.05, 4.69) is 46.4 Å². The summed E-state index contributed by atoms with van der Waals surface area (Å²) in [7, 11) is 0. The highest BCUT2D eigenvalue weighted by atomic mass is 32.2. The molecular formula is C14H26S. The van der Waals surface area contributed by atoms with Crippen LogP contribution in [0.25, 0.3) is 0 Å². The average Bonchev–Trinajstić information content (AvgIpc) is 2.58. The van der Waals surface area contributed by atoms with Crippen LogP contribution >= 0.6 is 11.8 Å². The fraction of sp³-hybridized carbons (Fsp3) is 1.00. The third-order valence-corrected chi connectivity index (χ3v) is 5.82. The largest absolute Gasteiger partial charge is 0.155 e. The highest BCUT2D eigenvalue weighted by Crippen LogP contribution is 2.57. The average molecular weight is 226 g/mol. The van der Waals surface area contributed by atoms with Crippen LogP contribution in [0.15, 0.2) is 0 Å². The minimum atomic E-state index is 0.548. The topological polar surface area (TPSA) is 0 Å². The Balaban J connectivity index is 1.95. The molecule has 2 bridgehead atoms. The van der Waals surface area contributed by atoms with Gasteiger partial charge in [0.25, 0.3) is 0 Å². The Morgan fingerprint density at radius 3 is 2.07 bits per heavy atom. The van der Waals surface area contributed by atoms with E-state index in [1.165, 1.54) is 19.3 Å². The third-order valence-electron chi connectivity index (χ3n) is 4.35. The molecule has 1 heteroatoms. The first-order valence-corrected chi connectivity index (χ1v) is 7.47. The predicted octanol–water partition coefficient (Wildman–Crippen LogP) is 4.59. The minimum absolute atomic E-state index is 0.548. The summed E-state index contributed by atoms with van der Waals surface area (Å²) in [6.45, 7) is 12.0. The van der Waals surface area contributed by atoms with E-state index in [1.807, 2.05) is 0 Å². The van der Waals surface area contributed by atoms with Gasteiger partial charge in [-0.1, -0.05) is 34.6 Å². The van der Waals surface area contributed by atoms with E-state index in [0.29, 0.717) is 5.41 Å². The number of hydrogen-bond acceptors (Lipinski definition) is 1. The highest BCUT2D eigenvalue weighted by molar-refractivity contribution is 8.00. The van der Waals surface area contributed by atoms with E-state index in [-0.39, 0.29) is 0 Å². The van der Waals surface area contributed by atoms with Crippen molar-refractivity contribution >= 4 is 11.8 Å². The van der Waals surface area contributed by atoms with Gasteiger partial charge in [0.1, 0.15) is 0 Å². The Bertz CT molecular complexity index is 226. The summed E-state index contributed by atoms with van der Waals surface area (Å²) in [6, 6.07) is 0. The third kappa shape index (κ3) is 2.38. The monoisotopic (exact) mass is 226 g/mol. The maximum atomic E-state index is 2.43. The molecule has 2 saturated carbocycles. The summed E-state index contributed by atoms with van der Waals surface area (Å²) in [5.74, 6) is 3.10. The van der Waals surface area contributed by atoms with Gasteiger partial charge in [0.2, 0.25) is 0 Å². The van der Waals surface area contributed by atoms with Crippen LogP contribution < -0.4 is 0 Å². The van der Waals surface area contributed by atoms with Gasteiger partial charge in [0.05, 0.1) is 0 Å². The van der Waals surface area contributed by atoms with Gasteiger partial charge in [-0.05, 0) is 47.7 Å². The first-order chi connectivity index (χ1) is 6.88. The summed E-state index contributed by atoms with van der Waals surface area (Å²) in [4.78, 5) is 0. The van der Waals surface area contributed by atoms with Crippen molar-refractivity contribution in [2.45, 2.75) is 64.4 Å². The Kier molecular flexibility index (Phi) is 3.14. The van der Waals surface area contributed by atoms with Crippen LogP contribution in [-0.4, -0.2) is 10.5 Å². The van der Waals surface area contributed by atoms with Crippen molar-refractivity contribution in [3.05, 3.63) is 0 Å². The first-order valence-electron chi connectivity index (χ1n) is 6.53. The van der Waals surface area contributed by atoms with E-state index in [1.54, 1.807) is 0 Å². The molecule has 0 aliphatic heterocycles. The van der Waals surface area contributed by atoms with Crippen molar-refractivity contribution in [2.24, 2.45) is 23.2 Å². The molecule has 4 atom stereocenters. The van der Waals surface area contributed by atoms with Gasteiger partial charge in [0, 0.05) is 5.25 Å². The summed E-state index contributed by atoms with van der Waals surface area (Å²) in [5, 5.41) is 1.82. The zero-order valence-electron chi connectivity index (χ0n) is 10.9. The van der Waals surface area contributed by atoms with Crippen molar-refractivity contribution < 1.29 is 0 Å². The van der Waals surface area contributed by atoms with E-state index in [0.717, 1.165) is 28.3 Å². The second-order valence-electron chi connectivity index (χ2n) is 6.92. The van der Waals surface area contributed by atoms with Crippen LogP contribution in [0.1, 0.15) is 53.9 Å². The van der Waals surface area contributed by atoms with E-state index in [4.69, 9.17) is 0 Å². The summed E-state index contributed by atoms with van der Waals surface area (Å²) < 4.78 is 0. The molecule has 0 nitrogen and oxygen atoms in total. The Morgan fingerprint density at radius 2 is 1.67 bits per heavy atom. The second kappa shape index (κ2) is 3.98. The Morgan fingerprint density at radius 1 is 1.00 bits per heavy atom. The molecule has 0 amide bonds. The maximum Gasteiger partial charge on any atom is 0.00808 e. The van der Waals surface area contributed by atoms with Gasteiger partial charge < -0.3 is 0 Å². The lowest BCUT2D eigenvalue weighted by Gasteiger charge is -2.37. The zero-order valence-corrected chi connectivity index (χ0v) is 11.7. The molecule has 0 radical (unpaired) electrons. The van der Waals surface area contributed by atoms with Gasteiger partial charge in [-0.25, -0.2) is 0 Å². The fourth-order valence-corrected chi connectivity index (χ4v) is 5.30. The second-order valence-corrected chi connectivity index (χ2v) is 8.74. The van der Waals surface area contributed by atoms with Gasteiger partial charge >= 0.3 is 0 Å². The lowest BCUT2D eigenvalue weighted by molar-refractivity contribution is 0.163. The molecule has 2 rings (SSSR count). The van der Waals surface area contributed by atoms with E-state index in [9.17, 15) is 0 Å². The maximum absolute atomic E-state index is 2.43. The molecule has 0 saturated heterocycles. The molecule has 4 unspecified atom stereocenters. The summed E-state index contributed by atoms with van der Waals surface area (Å²) in [6.07, 6.45) is 4.56. The van der Waals surface area contributed by atoms with Crippen molar-refractivity contribution in [2.75, 3.05) is 0 Å². The summed E-state index contributed by atoms with van der Waals surface area (Å²) >= 11 is 2.24. The quantitative estimate of drug-likeness (QED) is 0.663. The molecule has 2 aliphatic rings. The molecule has 0 N–H and O–H groups in total. The molecule has 0 aromatic rings. The number of hydrogen-bond donors (Lipinski definition) is 0. The van der Waals surface area contributed by atoms with Crippen molar-refractivity contribution in [1.82, 2.24) is 0 Å². The van der Waals surface area contributed by atoms with Crippen molar-refractivity contribution in [3.63, 3.8) is 0 Å². The highest BCUT2D eigenvalue weighted by Gasteiger charge is 2.49. The smallest absolute Gasteiger partial charge is 0.00808 e. The number of rotatable bonds is 2. The molecule has 0 heterocycles. The lowest BCUT2D eigenvalue weighted by atomic mass is 9.72. The fourth-order valence-electron chi connectivity index (χ4n) is 3.80. The van der Waals surface area contributed by atoms with Crippen LogP contribution in [0, 0.1) is 23.2 Å². The molecule has 2 aliphatic carbocycles. The zero-order chi connectivity index (χ0) is 11.2. The molecule has 88 valence electrons. The van der Waals surface area contributed by atoms with E-state index < -0.39 is 0 Å². The predicted molar refractivity (Wildman–Crippen MR) is 70.3 cm³/mol. The molecule has 0 spiro atoms. The SMILES string of the molecule is CC(C)SC1CC2CC1CC2C(C)(C)C. The van der Waals surface area contributed by atoms with Crippen LogP contribution in [0.3, 0.4) is 0 Å². The van der Waals surface area contributed by atoms with Crippen LogP contribution in [0.5, 0.6) is 0 Å². The molecule has 15 heavy (non-hydrogen) atoms. The van der Waals surface area contributed by atoms with Gasteiger partial charge in [-0.3, -0.25) is 0 Å². The van der Waals surface area contributed by atoms with Gasteiger partial charge in [0.15, 0.2) is 0 Å². The van der Waals surface area contributed by atoms with Crippen molar-refractivity contribution in [3.8, 4) is 0 Å². The molecule has 0 aromatic heterocycles. The number of thioether (sulfide) groups is 1. The number of fused-ring (bicyclic) bond motifs is 2.